The highest BCUT2D eigenvalue weighted by molar-refractivity contribution is 5.82. The van der Waals surface area contributed by atoms with Crippen molar-refractivity contribution in [2.75, 3.05) is 6.54 Å². The number of nitrogens with one attached hydrogen (secondary N) is 2. The van der Waals surface area contributed by atoms with Gasteiger partial charge in [-0.25, -0.2) is 0 Å². The predicted octanol–water partition coefficient (Wildman–Crippen LogP) is 0.443. The summed E-state index contributed by atoms with van der Waals surface area (Å²) in [4.78, 5) is 16.0. The molecule has 0 aliphatic carbocycles. The second-order valence-electron chi connectivity index (χ2n) is 4.79. The summed E-state index contributed by atoms with van der Waals surface area (Å²) in [6.07, 6.45) is 2.59. The van der Waals surface area contributed by atoms with Gasteiger partial charge in [-0.05, 0) is 17.5 Å². The summed E-state index contributed by atoms with van der Waals surface area (Å²) in [6, 6.07) is 8.03. The molecule has 0 unspecified atom stereocenters. The van der Waals surface area contributed by atoms with E-state index < -0.39 is 0 Å². The van der Waals surface area contributed by atoms with Crippen LogP contribution in [0, 0.1) is 0 Å². The van der Waals surface area contributed by atoms with Crippen LogP contribution in [0.15, 0.2) is 35.2 Å². The molecule has 3 rings (SSSR count). The Balaban J connectivity index is 1.51. The molecule has 1 aromatic heterocycles. The minimum Gasteiger partial charge on any atom is -0.354 e. The zero-order valence-corrected chi connectivity index (χ0v) is 11.0. The molecule has 0 saturated heterocycles. The molecule has 2 N–H and O–H groups in total. The van der Waals surface area contributed by atoms with E-state index in [0.29, 0.717) is 18.8 Å². The van der Waals surface area contributed by atoms with E-state index in [9.17, 15) is 4.79 Å². The van der Waals surface area contributed by atoms with Crippen molar-refractivity contribution in [3.05, 3.63) is 47.6 Å². The Kier molecular flexibility index (Phi) is 3.73. The van der Waals surface area contributed by atoms with Crippen LogP contribution in [0.1, 0.15) is 17.0 Å². The lowest BCUT2D eigenvalue weighted by Gasteiger charge is -2.25. The Bertz CT molecular complexity index is 583. The molecule has 1 aliphatic heterocycles. The second kappa shape index (κ2) is 5.83. The molecule has 2 aromatic rings. The van der Waals surface area contributed by atoms with Gasteiger partial charge in [0, 0.05) is 19.5 Å². The molecule has 0 bridgehead atoms. The quantitative estimate of drug-likeness (QED) is 0.844. The molecule has 0 saturated carbocycles. The van der Waals surface area contributed by atoms with Crippen molar-refractivity contribution in [3.8, 4) is 0 Å². The molecule has 1 amide bonds. The summed E-state index contributed by atoms with van der Waals surface area (Å²) in [7, 11) is 0. The molecule has 1 aromatic carbocycles. The van der Waals surface area contributed by atoms with Crippen molar-refractivity contribution >= 4 is 5.91 Å². The van der Waals surface area contributed by atoms with Gasteiger partial charge in [0.05, 0.1) is 6.04 Å². The molecule has 1 atom stereocenters. The smallest absolute Gasteiger partial charge is 0.237 e. The minimum absolute atomic E-state index is 0.0167. The maximum atomic E-state index is 12.1. The maximum Gasteiger partial charge on any atom is 0.237 e. The number of rotatable bonds is 4. The molecular formula is C14H16N4O2. The van der Waals surface area contributed by atoms with Crippen LogP contribution in [-0.4, -0.2) is 28.6 Å². The number of fused-ring (bicyclic) bond motifs is 1. The summed E-state index contributed by atoms with van der Waals surface area (Å²) in [5, 5.41) is 9.86. The van der Waals surface area contributed by atoms with Gasteiger partial charge in [-0.2, -0.15) is 4.98 Å². The van der Waals surface area contributed by atoms with Crippen LogP contribution in [-0.2, 0) is 24.2 Å². The largest absolute Gasteiger partial charge is 0.354 e. The average molecular weight is 272 g/mol. The Morgan fingerprint density at radius 2 is 2.25 bits per heavy atom. The first kappa shape index (κ1) is 12.8. The summed E-state index contributed by atoms with van der Waals surface area (Å²) in [5.41, 5.74) is 2.51. The summed E-state index contributed by atoms with van der Waals surface area (Å²) in [5.74, 6) is 0.621. The van der Waals surface area contributed by atoms with E-state index in [2.05, 4.69) is 37.4 Å². The van der Waals surface area contributed by atoms with Crippen LogP contribution in [0.2, 0.25) is 0 Å². The van der Waals surface area contributed by atoms with Gasteiger partial charge in [-0.3, -0.25) is 4.79 Å². The van der Waals surface area contributed by atoms with Crippen molar-refractivity contribution in [2.45, 2.75) is 25.4 Å². The molecule has 0 spiro atoms. The van der Waals surface area contributed by atoms with Crippen LogP contribution in [0.4, 0.5) is 0 Å². The molecule has 6 heteroatoms. The van der Waals surface area contributed by atoms with E-state index in [-0.39, 0.29) is 11.9 Å². The molecular weight excluding hydrogens is 256 g/mol. The number of nitrogens with zero attached hydrogens (tertiary/aromatic N) is 2. The third-order valence-corrected chi connectivity index (χ3v) is 3.45. The van der Waals surface area contributed by atoms with Crippen LogP contribution < -0.4 is 10.6 Å². The van der Waals surface area contributed by atoms with E-state index in [1.54, 1.807) is 0 Å². The molecule has 6 nitrogen and oxygen atoms in total. The van der Waals surface area contributed by atoms with Gasteiger partial charge in [0.1, 0.15) is 0 Å². The van der Waals surface area contributed by atoms with E-state index in [0.717, 1.165) is 13.0 Å². The zero-order chi connectivity index (χ0) is 13.8. The minimum atomic E-state index is -0.171. The lowest BCUT2D eigenvalue weighted by atomic mass is 9.95. The number of carbonyl (C=O) groups excluding carboxylic acids is 1. The molecule has 0 radical (unpaired) electrons. The van der Waals surface area contributed by atoms with Crippen molar-refractivity contribution in [2.24, 2.45) is 0 Å². The number of amides is 1. The number of hydrogen-bond acceptors (Lipinski definition) is 5. The number of aromatic nitrogens is 2. The Labute approximate surface area is 116 Å². The molecule has 0 fully saturated rings. The lowest BCUT2D eigenvalue weighted by molar-refractivity contribution is -0.123. The van der Waals surface area contributed by atoms with E-state index in [1.807, 2.05) is 12.1 Å². The molecule has 104 valence electrons. The standard InChI is InChI=1S/C14H16N4O2/c19-14(15-6-5-13-17-9-20-18-13)12-7-10-3-1-2-4-11(10)8-16-12/h1-4,9,12,16H,5-8H2,(H,15,19)/t12-/m0/s1. The topological polar surface area (TPSA) is 80.1 Å². The third kappa shape index (κ3) is 2.85. The van der Waals surface area contributed by atoms with Crippen LogP contribution in [0.25, 0.3) is 0 Å². The van der Waals surface area contributed by atoms with Gasteiger partial charge < -0.3 is 15.2 Å². The first-order valence-electron chi connectivity index (χ1n) is 6.66. The van der Waals surface area contributed by atoms with Crippen molar-refractivity contribution in [3.63, 3.8) is 0 Å². The van der Waals surface area contributed by atoms with Crippen molar-refractivity contribution in [1.82, 2.24) is 20.8 Å². The van der Waals surface area contributed by atoms with Crippen LogP contribution >= 0.6 is 0 Å². The highest BCUT2D eigenvalue weighted by Crippen LogP contribution is 2.16. The maximum absolute atomic E-state index is 12.1. The lowest BCUT2D eigenvalue weighted by Crippen LogP contribution is -2.48. The van der Waals surface area contributed by atoms with Gasteiger partial charge in [0.25, 0.3) is 0 Å². The molecule has 1 aliphatic rings. The van der Waals surface area contributed by atoms with Crippen molar-refractivity contribution < 1.29 is 9.32 Å². The molecule has 20 heavy (non-hydrogen) atoms. The first-order chi connectivity index (χ1) is 9.83. The third-order valence-electron chi connectivity index (χ3n) is 3.45. The predicted molar refractivity (Wildman–Crippen MR) is 71.8 cm³/mol. The van der Waals surface area contributed by atoms with Gasteiger partial charge in [0.15, 0.2) is 5.82 Å². The summed E-state index contributed by atoms with van der Waals surface area (Å²) in [6.45, 7) is 1.25. The highest BCUT2D eigenvalue weighted by atomic mass is 16.5. The fourth-order valence-corrected chi connectivity index (χ4v) is 2.36. The first-order valence-corrected chi connectivity index (χ1v) is 6.66. The number of benzene rings is 1. The van der Waals surface area contributed by atoms with Gasteiger partial charge in [-0.15, -0.1) is 0 Å². The SMILES string of the molecule is O=C(NCCc1ncon1)[C@@H]1Cc2ccccc2CN1. The Morgan fingerprint density at radius 3 is 3.05 bits per heavy atom. The number of hydrogen-bond donors (Lipinski definition) is 2. The fraction of sp³-hybridized carbons (Fsp3) is 0.357. The van der Waals surface area contributed by atoms with E-state index in [1.165, 1.54) is 17.5 Å². The average Bonchev–Trinajstić information content (AvgIpc) is 3.00. The van der Waals surface area contributed by atoms with E-state index >= 15 is 0 Å². The van der Waals surface area contributed by atoms with Crippen molar-refractivity contribution in [1.29, 1.82) is 0 Å². The van der Waals surface area contributed by atoms with Crippen LogP contribution in [0.3, 0.4) is 0 Å². The number of carbonyl (C=O) groups is 1. The highest BCUT2D eigenvalue weighted by Gasteiger charge is 2.23. The monoisotopic (exact) mass is 272 g/mol. The second-order valence-corrected chi connectivity index (χ2v) is 4.79. The van der Waals surface area contributed by atoms with Gasteiger partial charge in [0.2, 0.25) is 12.3 Å². The van der Waals surface area contributed by atoms with E-state index in [4.69, 9.17) is 0 Å². The van der Waals surface area contributed by atoms with Gasteiger partial charge in [-0.1, -0.05) is 29.4 Å². The normalized spacial score (nSPS) is 17.5. The fourth-order valence-electron chi connectivity index (χ4n) is 2.36. The zero-order valence-electron chi connectivity index (χ0n) is 11.0. The Morgan fingerprint density at radius 1 is 1.40 bits per heavy atom. The summed E-state index contributed by atoms with van der Waals surface area (Å²) < 4.78 is 4.64. The van der Waals surface area contributed by atoms with Gasteiger partial charge >= 0.3 is 0 Å². The molecule has 2 heterocycles. The Hall–Kier alpha value is -2.21. The van der Waals surface area contributed by atoms with Crippen LogP contribution in [0.5, 0.6) is 0 Å². The summed E-state index contributed by atoms with van der Waals surface area (Å²) >= 11 is 0.